The molecule has 0 N–H and O–H groups in total. The van der Waals surface area contributed by atoms with E-state index in [-0.39, 0.29) is 19.1 Å². The molecule has 0 saturated heterocycles. The maximum absolute atomic E-state index is 11.6. The molecule has 0 aliphatic carbocycles. The molecule has 1 rings (SSSR count). The monoisotopic (exact) mass is 280 g/mol. The van der Waals surface area contributed by atoms with Crippen LogP contribution in [0.15, 0.2) is 18.2 Å². The second kappa shape index (κ2) is 7.53. The topological polar surface area (TPSA) is 61.8 Å². The van der Waals surface area contributed by atoms with Crippen LogP contribution in [0.4, 0.5) is 0 Å². The number of rotatable bonds is 7. The highest BCUT2D eigenvalue weighted by Crippen LogP contribution is 2.29. The summed E-state index contributed by atoms with van der Waals surface area (Å²) in [6, 6.07) is 5.14. The molecule has 1 aromatic carbocycles. The lowest BCUT2D eigenvalue weighted by Crippen LogP contribution is -2.19. The second-order valence-corrected chi connectivity index (χ2v) is 4.47. The lowest BCUT2D eigenvalue weighted by molar-refractivity contribution is -0.153. The van der Waals surface area contributed by atoms with E-state index in [2.05, 4.69) is 4.74 Å². The highest BCUT2D eigenvalue weighted by Gasteiger charge is 2.17. The predicted octanol–water partition coefficient (Wildman–Crippen LogP) is 2.16. The maximum Gasteiger partial charge on any atom is 0.374 e. The average molecular weight is 280 g/mol. The molecule has 0 amide bonds. The van der Waals surface area contributed by atoms with Crippen molar-refractivity contribution in [3.8, 4) is 11.5 Å². The Hall–Kier alpha value is -2.04. The number of hydrogen-bond donors (Lipinski definition) is 0. The zero-order valence-corrected chi connectivity index (χ0v) is 12.3. The molecule has 5 nitrogen and oxygen atoms in total. The Kier molecular flexibility index (Phi) is 6.03. The van der Waals surface area contributed by atoms with Gasteiger partial charge in [-0.15, -0.1) is 0 Å². The summed E-state index contributed by atoms with van der Waals surface area (Å²) in [5, 5.41) is 0. The Morgan fingerprint density at radius 3 is 2.45 bits per heavy atom. The largest absolute Gasteiger partial charge is 0.493 e. The third kappa shape index (κ3) is 4.57. The van der Waals surface area contributed by atoms with Crippen molar-refractivity contribution in [1.82, 2.24) is 0 Å². The van der Waals surface area contributed by atoms with Crippen molar-refractivity contribution in [2.24, 2.45) is 0 Å². The van der Waals surface area contributed by atoms with Gasteiger partial charge in [0.1, 0.15) is 0 Å². The Morgan fingerprint density at radius 2 is 1.90 bits per heavy atom. The van der Waals surface area contributed by atoms with Crippen LogP contribution in [0.3, 0.4) is 0 Å². The van der Waals surface area contributed by atoms with Gasteiger partial charge in [0.2, 0.25) is 5.78 Å². The lowest BCUT2D eigenvalue weighted by atomic mass is 10.1. The number of Topliss-reactive ketones (excluding diaryl/α,β-unsaturated/α-hetero) is 1. The molecule has 0 unspecified atom stereocenters. The Balaban J connectivity index is 2.86. The van der Waals surface area contributed by atoms with Crippen LogP contribution in [0.5, 0.6) is 11.5 Å². The molecule has 0 bridgehead atoms. The van der Waals surface area contributed by atoms with Crippen molar-refractivity contribution in [2.45, 2.75) is 33.3 Å². The van der Waals surface area contributed by atoms with Crippen LogP contribution in [0.25, 0.3) is 0 Å². The van der Waals surface area contributed by atoms with Crippen LogP contribution >= 0.6 is 0 Å². The van der Waals surface area contributed by atoms with Gasteiger partial charge in [0, 0.05) is 6.42 Å². The standard InChI is InChI=1S/C15H20O5/c1-5-19-15(17)12(16)8-11-6-7-13(18-4)14(9-11)20-10(2)3/h6-7,9-10H,5,8H2,1-4H3. The first kappa shape index (κ1) is 16.0. The first-order chi connectivity index (χ1) is 9.47. The Labute approximate surface area is 118 Å². The van der Waals surface area contributed by atoms with Crippen molar-refractivity contribution in [3.63, 3.8) is 0 Å². The van der Waals surface area contributed by atoms with Gasteiger partial charge >= 0.3 is 5.97 Å². The molecular weight excluding hydrogens is 260 g/mol. The van der Waals surface area contributed by atoms with E-state index in [9.17, 15) is 9.59 Å². The smallest absolute Gasteiger partial charge is 0.374 e. The van der Waals surface area contributed by atoms with E-state index in [0.29, 0.717) is 17.1 Å². The molecule has 110 valence electrons. The van der Waals surface area contributed by atoms with Crippen molar-refractivity contribution >= 4 is 11.8 Å². The number of methoxy groups -OCH3 is 1. The molecule has 0 aliphatic rings. The van der Waals surface area contributed by atoms with E-state index in [4.69, 9.17) is 9.47 Å². The fourth-order valence-electron chi connectivity index (χ4n) is 1.65. The minimum absolute atomic E-state index is 0.0140. The normalized spacial score (nSPS) is 10.2. The highest BCUT2D eigenvalue weighted by atomic mass is 16.5. The van der Waals surface area contributed by atoms with E-state index < -0.39 is 11.8 Å². The zero-order chi connectivity index (χ0) is 15.1. The Morgan fingerprint density at radius 1 is 1.20 bits per heavy atom. The van der Waals surface area contributed by atoms with Crippen LogP contribution in [0.2, 0.25) is 0 Å². The molecule has 0 radical (unpaired) electrons. The third-order valence-electron chi connectivity index (χ3n) is 2.46. The van der Waals surface area contributed by atoms with Crippen molar-refractivity contribution in [1.29, 1.82) is 0 Å². The van der Waals surface area contributed by atoms with Gasteiger partial charge in [-0.05, 0) is 38.5 Å². The van der Waals surface area contributed by atoms with Gasteiger partial charge < -0.3 is 14.2 Å². The molecule has 0 aliphatic heterocycles. The van der Waals surface area contributed by atoms with Crippen LogP contribution in [-0.2, 0) is 20.7 Å². The Bertz CT molecular complexity index is 479. The number of carbonyl (C=O) groups excluding carboxylic acids is 2. The SMILES string of the molecule is CCOC(=O)C(=O)Cc1ccc(OC)c(OC(C)C)c1. The summed E-state index contributed by atoms with van der Waals surface area (Å²) in [5.41, 5.74) is 0.680. The van der Waals surface area contributed by atoms with Gasteiger partial charge in [-0.1, -0.05) is 6.07 Å². The van der Waals surface area contributed by atoms with Crippen molar-refractivity contribution < 1.29 is 23.8 Å². The van der Waals surface area contributed by atoms with Crippen LogP contribution in [-0.4, -0.2) is 31.6 Å². The fourth-order valence-corrected chi connectivity index (χ4v) is 1.65. The molecule has 20 heavy (non-hydrogen) atoms. The van der Waals surface area contributed by atoms with E-state index in [1.807, 2.05) is 13.8 Å². The molecule has 0 heterocycles. The predicted molar refractivity (Wildman–Crippen MR) is 74.1 cm³/mol. The summed E-state index contributed by atoms with van der Waals surface area (Å²) >= 11 is 0. The number of esters is 1. The first-order valence-electron chi connectivity index (χ1n) is 6.51. The number of ether oxygens (including phenoxy) is 3. The number of benzene rings is 1. The molecule has 0 atom stereocenters. The van der Waals surface area contributed by atoms with Crippen LogP contribution in [0, 0.1) is 0 Å². The summed E-state index contributed by atoms with van der Waals surface area (Å²) < 4.78 is 15.5. The zero-order valence-electron chi connectivity index (χ0n) is 12.3. The molecule has 1 aromatic rings. The molecule has 0 fully saturated rings. The molecule has 5 heteroatoms. The molecule has 0 spiro atoms. The van der Waals surface area contributed by atoms with Gasteiger partial charge in [-0.2, -0.15) is 0 Å². The molecular formula is C15H20O5. The summed E-state index contributed by atoms with van der Waals surface area (Å²) in [7, 11) is 1.55. The fraction of sp³-hybridized carbons (Fsp3) is 0.467. The molecule has 0 aromatic heterocycles. The molecule has 0 saturated carbocycles. The maximum atomic E-state index is 11.6. The first-order valence-corrected chi connectivity index (χ1v) is 6.51. The van der Waals surface area contributed by atoms with E-state index in [1.54, 1.807) is 32.2 Å². The number of ketones is 1. The van der Waals surface area contributed by atoms with Crippen LogP contribution < -0.4 is 9.47 Å². The minimum atomic E-state index is -0.811. The quantitative estimate of drug-likeness (QED) is 0.566. The van der Waals surface area contributed by atoms with Gasteiger partial charge in [0.05, 0.1) is 19.8 Å². The van der Waals surface area contributed by atoms with Crippen molar-refractivity contribution in [3.05, 3.63) is 23.8 Å². The average Bonchev–Trinajstić information content (AvgIpc) is 2.38. The second-order valence-electron chi connectivity index (χ2n) is 4.47. The third-order valence-corrected chi connectivity index (χ3v) is 2.46. The van der Waals surface area contributed by atoms with Crippen LogP contribution in [0.1, 0.15) is 26.3 Å². The lowest BCUT2D eigenvalue weighted by Gasteiger charge is -2.14. The minimum Gasteiger partial charge on any atom is -0.493 e. The van der Waals surface area contributed by atoms with Gasteiger partial charge in [-0.3, -0.25) is 4.79 Å². The van der Waals surface area contributed by atoms with E-state index in [1.165, 1.54) is 0 Å². The van der Waals surface area contributed by atoms with E-state index >= 15 is 0 Å². The summed E-state index contributed by atoms with van der Waals surface area (Å²) in [6.45, 7) is 5.65. The van der Waals surface area contributed by atoms with Crippen molar-refractivity contribution in [2.75, 3.05) is 13.7 Å². The van der Waals surface area contributed by atoms with Gasteiger partial charge in [-0.25, -0.2) is 4.79 Å². The highest BCUT2D eigenvalue weighted by molar-refractivity contribution is 6.34. The summed E-state index contributed by atoms with van der Waals surface area (Å²) in [4.78, 5) is 22.9. The number of carbonyl (C=O) groups is 2. The summed E-state index contributed by atoms with van der Waals surface area (Å²) in [5.74, 6) is -0.246. The van der Waals surface area contributed by atoms with E-state index in [0.717, 1.165) is 0 Å². The van der Waals surface area contributed by atoms with Gasteiger partial charge in [0.25, 0.3) is 0 Å². The number of hydrogen-bond acceptors (Lipinski definition) is 5. The van der Waals surface area contributed by atoms with Gasteiger partial charge in [0.15, 0.2) is 11.5 Å². The summed E-state index contributed by atoms with van der Waals surface area (Å²) in [6.07, 6.45) is -0.0306.